The summed E-state index contributed by atoms with van der Waals surface area (Å²) in [6.07, 6.45) is 2.67. The molecule has 0 aliphatic rings. The van der Waals surface area contributed by atoms with Gasteiger partial charge in [-0.3, -0.25) is 10.3 Å². The molecule has 9 N–H and O–H groups in total. The second-order valence-corrected chi connectivity index (χ2v) is 5.91. The fourth-order valence-electron chi connectivity index (χ4n) is 2.21. The van der Waals surface area contributed by atoms with E-state index in [1.165, 1.54) is 5.56 Å². The molecule has 0 aliphatic carbocycles. The first-order valence-corrected chi connectivity index (χ1v) is 8.28. The number of hydrogen-bond acceptors (Lipinski definition) is 6. The smallest absolute Gasteiger partial charge is 0.317 e. The zero-order valence-corrected chi connectivity index (χ0v) is 14.8. The van der Waals surface area contributed by atoms with Crippen LogP contribution in [0.2, 0.25) is 5.15 Å². The largest absolute Gasteiger partial charge is 0.399 e. The Balaban J connectivity index is 1.97. The first-order chi connectivity index (χ1) is 12.4. The van der Waals surface area contributed by atoms with Crippen molar-refractivity contribution in [3.63, 3.8) is 0 Å². The minimum absolute atomic E-state index is 0.0162. The van der Waals surface area contributed by atoms with Gasteiger partial charge in [-0.15, -0.1) is 0 Å². The van der Waals surface area contributed by atoms with Crippen LogP contribution in [0.5, 0.6) is 0 Å². The molecule has 0 aliphatic heterocycles. The number of hydrogen-bond donors (Lipinski definition) is 5. The van der Waals surface area contributed by atoms with Gasteiger partial charge in [0.15, 0.2) is 16.8 Å². The molecule has 0 saturated carbocycles. The van der Waals surface area contributed by atoms with Crippen molar-refractivity contribution in [1.29, 1.82) is 0 Å². The summed E-state index contributed by atoms with van der Waals surface area (Å²) in [5, 5.41) is 2.27. The van der Waals surface area contributed by atoms with E-state index in [4.69, 9.17) is 34.5 Å². The Morgan fingerprint density at radius 3 is 2.46 bits per heavy atom. The second-order valence-electron chi connectivity index (χ2n) is 5.55. The molecule has 1 aromatic heterocycles. The Hall–Kier alpha value is -3.07. The first-order valence-electron chi connectivity index (χ1n) is 7.91. The number of amidine groups is 1. The number of carbonyl (C=O) groups is 1. The summed E-state index contributed by atoms with van der Waals surface area (Å²) < 4.78 is 0. The number of aliphatic imine (C=N–C) groups is 1. The number of halogens is 1. The van der Waals surface area contributed by atoms with Crippen LogP contribution >= 0.6 is 11.6 Å². The van der Waals surface area contributed by atoms with Gasteiger partial charge in [0, 0.05) is 12.2 Å². The number of unbranched alkanes of at least 4 members (excludes halogenated alkanes) is 1. The van der Waals surface area contributed by atoms with Gasteiger partial charge in [0.2, 0.25) is 0 Å². The lowest BCUT2D eigenvalue weighted by Gasteiger charge is -2.09. The van der Waals surface area contributed by atoms with Gasteiger partial charge in [-0.05, 0) is 37.0 Å². The van der Waals surface area contributed by atoms with Crippen molar-refractivity contribution in [3.8, 4) is 0 Å². The summed E-state index contributed by atoms with van der Waals surface area (Å²) in [6.45, 7) is 0.487. The molecule has 0 bridgehead atoms. The third-order valence-electron chi connectivity index (χ3n) is 3.50. The topological polar surface area (TPSA) is 171 Å². The lowest BCUT2D eigenvalue weighted by Crippen LogP contribution is -2.25. The summed E-state index contributed by atoms with van der Waals surface area (Å²) in [5.74, 6) is 0.0635. The highest BCUT2D eigenvalue weighted by Gasteiger charge is 2.15. The van der Waals surface area contributed by atoms with Gasteiger partial charge < -0.3 is 22.9 Å². The maximum Gasteiger partial charge on any atom is 0.317 e. The van der Waals surface area contributed by atoms with Crippen LogP contribution in [0.25, 0.3) is 0 Å². The Kier molecular flexibility index (Phi) is 6.56. The third kappa shape index (κ3) is 5.49. The quantitative estimate of drug-likeness (QED) is 0.212. The molecular formula is C16H21ClN8O. The van der Waals surface area contributed by atoms with Crippen molar-refractivity contribution >= 4 is 40.8 Å². The molecule has 0 fully saturated rings. The van der Waals surface area contributed by atoms with Gasteiger partial charge in [-0.2, -0.15) is 0 Å². The number of nitrogen functional groups attached to an aromatic ring is 2. The van der Waals surface area contributed by atoms with Crippen LogP contribution in [0.3, 0.4) is 0 Å². The maximum absolute atomic E-state index is 11.1. The van der Waals surface area contributed by atoms with Crippen molar-refractivity contribution in [2.24, 2.45) is 16.5 Å². The van der Waals surface area contributed by atoms with Crippen LogP contribution in [0.4, 0.5) is 22.1 Å². The molecule has 0 spiro atoms. The molecule has 138 valence electrons. The lowest BCUT2D eigenvalue weighted by molar-refractivity contribution is 0.259. The number of aromatic nitrogens is 2. The molecule has 10 heteroatoms. The van der Waals surface area contributed by atoms with Crippen molar-refractivity contribution in [2.45, 2.75) is 19.3 Å². The minimum atomic E-state index is -0.821. The summed E-state index contributed by atoms with van der Waals surface area (Å²) >= 11 is 5.87. The van der Waals surface area contributed by atoms with E-state index in [9.17, 15) is 4.79 Å². The van der Waals surface area contributed by atoms with Crippen molar-refractivity contribution in [2.75, 3.05) is 23.3 Å². The van der Waals surface area contributed by atoms with Gasteiger partial charge in [-0.1, -0.05) is 23.7 Å². The summed E-state index contributed by atoms with van der Waals surface area (Å²) in [4.78, 5) is 23.3. The van der Waals surface area contributed by atoms with E-state index in [1.54, 1.807) is 0 Å². The Morgan fingerprint density at radius 1 is 1.12 bits per heavy atom. The number of nitrogens with two attached hydrogens (primary N) is 4. The standard InChI is InChI=1S/C16H21ClN8O/c17-12-14(20)24-15(25-16(21)26)11(23-12)13(19)22-8-2-1-3-9-4-6-10(18)7-5-9/h4-7H,1-3,8,18H2,(H2,19,22)(H5,20,21,24,25,26). The Morgan fingerprint density at radius 2 is 1.81 bits per heavy atom. The van der Waals surface area contributed by atoms with Gasteiger partial charge in [-0.25, -0.2) is 14.8 Å². The number of urea groups is 1. The fraction of sp³-hybridized carbons (Fsp3) is 0.250. The van der Waals surface area contributed by atoms with Crippen molar-refractivity contribution in [3.05, 3.63) is 40.7 Å². The molecule has 0 radical (unpaired) electrons. The number of nitrogens with zero attached hydrogens (tertiary/aromatic N) is 3. The lowest BCUT2D eigenvalue weighted by atomic mass is 10.1. The summed E-state index contributed by atoms with van der Waals surface area (Å²) in [6, 6.07) is 6.94. The molecule has 1 heterocycles. The molecule has 0 atom stereocenters. The van der Waals surface area contributed by atoms with Crippen LogP contribution in [-0.2, 0) is 6.42 Å². The number of rotatable bonds is 7. The number of nitrogens with one attached hydrogen (secondary N) is 1. The normalized spacial score (nSPS) is 11.3. The average molecular weight is 377 g/mol. The number of aryl methyl sites for hydroxylation is 1. The highest BCUT2D eigenvalue weighted by molar-refractivity contribution is 6.31. The third-order valence-corrected chi connectivity index (χ3v) is 3.78. The van der Waals surface area contributed by atoms with E-state index < -0.39 is 6.03 Å². The van der Waals surface area contributed by atoms with Crippen LogP contribution in [-0.4, -0.2) is 28.4 Å². The first kappa shape index (κ1) is 19.3. The molecule has 2 rings (SSSR count). The highest BCUT2D eigenvalue weighted by atomic mass is 35.5. The van der Waals surface area contributed by atoms with E-state index in [0.717, 1.165) is 24.9 Å². The van der Waals surface area contributed by atoms with E-state index in [-0.39, 0.29) is 28.3 Å². The minimum Gasteiger partial charge on any atom is -0.399 e. The van der Waals surface area contributed by atoms with Crippen molar-refractivity contribution in [1.82, 2.24) is 9.97 Å². The molecule has 1 aromatic carbocycles. The van der Waals surface area contributed by atoms with Crippen molar-refractivity contribution < 1.29 is 4.79 Å². The van der Waals surface area contributed by atoms with Gasteiger partial charge in [0.25, 0.3) is 0 Å². The fourth-order valence-corrected chi connectivity index (χ4v) is 2.34. The highest BCUT2D eigenvalue weighted by Crippen LogP contribution is 2.19. The van der Waals surface area contributed by atoms with Crippen LogP contribution < -0.4 is 28.3 Å². The average Bonchev–Trinajstić information content (AvgIpc) is 2.58. The number of carbonyl (C=O) groups excluding carboxylic acids is 1. The molecule has 2 amide bonds. The number of amides is 2. The van der Waals surface area contributed by atoms with E-state index in [0.29, 0.717) is 6.54 Å². The number of anilines is 3. The summed E-state index contributed by atoms with van der Waals surface area (Å²) in [5.41, 5.74) is 24.4. The molecule has 0 saturated heterocycles. The van der Waals surface area contributed by atoms with Crippen LogP contribution in [0, 0.1) is 0 Å². The van der Waals surface area contributed by atoms with Gasteiger partial charge in [0.1, 0.15) is 11.5 Å². The Labute approximate surface area is 155 Å². The predicted octanol–water partition coefficient (Wildman–Crippen LogP) is 1.51. The predicted molar refractivity (Wildman–Crippen MR) is 104 cm³/mol. The van der Waals surface area contributed by atoms with E-state index in [2.05, 4.69) is 20.3 Å². The SMILES string of the molecule is NC(=O)Nc1nc(N)c(Cl)nc1C(N)=NCCCCc1ccc(N)cc1. The van der Waals surface area contributed by atoms with Crippen LogP contribution in [0.15, 0.2) is 29.3 Å². The zero-order chi connectivity index (χ0) is 19.1. The molecule has 0 unspecified atom stereocenters. The molecule has 2 aromatic rings. The molecule has 26 heavy (non-hydrogen) atoms. The second kappa shape index (κ2) is 8.86. The number of primary amides is 1. The zero-order valence-electron chi connectivity index (χ0n) is 14.1. The van der Waals surface area contributed by atoms with Gasteiger partial charge >= 0.3 is 6.03 Å². The van der Waals surface area contributed by atoms with Crippen LogP contribution in [0.1, 0.15) is 24.1 Å². The Bertz CT molecular complexity index is 807. The monoisotopic (exact) mass is 376 g/mol. The molecular weight excluding hydrogens is 356 g/mol. The van der Waals surface area contributed by atoms with Gasteiger partial charge in [0.05, 0.1) is 0 Å². The van der Waals surface area contributed by atoms with E-state index >= 15 is 0 Å². The summed E-state index contributed by atoms with van der Waals surface area (Å²) in [7, 11) is 0. The maximum atomic E-state index is 11.1. The number of benzene rings is 1. The molecule has 9 nitrogen and oxygen atoms in total. The van der Waals surface area contributed by atoms with E-state index in [1.807, 2.05) is 24.3 Å².